The Labute approximate surface area is 211 Å². The van der Waals surface area contributed by atoms with Gasteiger partial charge in [0.25, 0.3) is 5.91 Å². The van der Waals surface area contributed by atoms with Crippen molar-refractivity contribution in [2.45, 2.75) is 44.2 Å². The number of amides is 1. The summed E-state index contributed by atoms with van der Waals surface area (Å²) in [6.07, 6.45) is -3.78. The van der Waals surface area contributed by atoms with Crippen LogP contribution in [-0.2, 0) is 38.8 Å². The number of hydrogen-bond acceptors (Lipinski definition) is 6. The van der Waals surface area contributed by atoms with Gasteiger partial charge < -0.3 is 29.3 Å². The molecule has 0 saturated carbocycles. The van der Waals surface area contributed by atoms with Crippen molar-refractivity contribution in [2.24, 2.45) is 0 Å². The van der Waals surface area contributed by atoms with E-state index in [9.17, 15) is 15.0 Å². The van der Waals surface area contributed by atoms with E-state index in [4.69, 9.17) is 14.2 Å². The number of aliphatic hydroxyl groups excluding tert-OH is 2. The molecular weight excluding hydrogens is 458 g/mol. The van der Waals surface area contributed by atoms with Crippen molar-refractivity contribution in [1.82, 2.24) is 4.90 Å². The van der Waals surface area contributed by atoms with E-state index < -0.39 is 30.3 Å². The molecule has 0 aliphatic carbocycles. The van der Waals surface area contributed by atoms with Gasteiger partial charge >= 0.3 is 0 Å². The molecule has 0 bridgehead atoms. The van der Waals surface area contributed by atoms with Gasteiger partial charge in [0.05, 0.1) is 39.1 Å². The fraction of sp³-hybridized carbons (Fsp3) is 0.345. The van der Waals surface area contributed by atoms with Gasteiger partial charge in [-0.1, -0.05) is 91.0 Å². The summed E-state index contributed by atoms with van der Waals surface area (Å²) in [6.45, 7) is 1.65. The predicted octanol–water partition coefficient (Wildman–Crippen LogP) is 2.94. The van der Waals surface area contributed by atoms with Crippen LogP contribution in [0.2, 0.25) is 0 Å². The summed E-state index contributed by atoms with van der Waals surface area (Å²) in [5.41, 5.74) is 2.96. The van der Waals surface area contributed by atoms with Crippen molar-refractivity contribution >= 4 is 5.91 Å². The van der Waals surface area contributed by atoms with Crippen molar-refractivity contribution in [3.05, 3.63) is 108 Å². The van der Waals surface area contributed by atoms with Crippen molar-refractivity contribution in [3.8, 4) is 0 Å². The number of ether oxygens (including phenoxy) is 3. The fourth-order valence-corrected chi connectivity index (χ4v) is 4.30. The predicted molar refractivity (Wildman–Crippen MR) is 135 cm³/mol. The Morgan fingerprint density at radius 2 is 1.19 bits per heavy atom. The van der Waals surface area contributed by atoms with Crippen LogP contribution in [-0.4, -0.2) is 65.1 Å². The Hall–Kier alpha value is -3.07. The lowest BCUT2D eigenvalue weighted by Crippen LogP contribution is -2.66. The van der Waals surface area contributed by atoms with Gasteiger partial charge in [-0.05, 0) is 16.7 Å². The van der Waals surface area contributed by atoms with Crippen LogP contribution in [0.25, 0.3) is 0 Å². The van der Waals surface area contributed by atoms with Gasteiger partial charge in [-0.25, -0.2) is 0 Å². The highest BCUT2D eigenvalue weighted by atomic mass is 16.5. The Morgan fingerprint density at radius 1 is 0.694 bits per heavy atom. The Morgan fingerprint density at radius 3 is 1.75 bits per heavy atom. The molecule has 1 aliphatic rings. The first-order chi connectivity index (χ1) is 17.6. The lowest BCUT2D eigenvalue weighted by molar-refractivity contribution is -0.192. The van der Waals surface area contributed by atoms with Crippen LogP contribution in [0.5, 0.6) is 0 Å². The molecule has 7 nitrogen and oxygen atoms in total. The van der Waals surface area contributed by atoms with E-state index in [2.05, 4.69) is 0 Å². The first-order valence-corrected chi connectivity index (χ1v) is 12.2. The van der Waals surface area contributed by atoms with E-state index in [1.807, 2.05) is 91.0 Å². The zero-order chi connectivity index (χ0) is 25.2. The highest BCUT2D eigenvalue weighted by Gasteiger charge is 2.48. The molecule has 0 spiro atoms. The van der Waals surface area contributed by atoms with Crippen molar-refractivity contribution in [3.63, 3.8) is 0 Å². The minimum atomic E-state index is -1.58. The molecule has 2 N–H and O–H groups in total. The molecule has 1 fully saturated rings. The standard InChI is InChI=1S/C29H33NO6/c31-26-27(32)29(33)30(16-17-34-18-22-10-4-1-5-11-22)25(21-35-19-23-12-6-2-7-13-23)28(26)36-20-24-14-8-3-9-15-24/h1-15,25-28,31-32H,16-21H2. The third-order valence-corrected chi connectivity index (χ3v) is 6.25. The van der Waals surface area contributed by atoms with Crippen LogP contribution in [0.15, 0.2) is 91.0 Å². The Balaban J connectivity index is 1.44. The average Bonchev–Trinajstić information content (AvgIpc) is 2.92. The van der Waals surface area contributed by atoms with Crippen LogP contribution in [0.3, 0.4) is 0 Å². The van der Waals surface area contributed by atoms with Gasteiger partial charge in [-0.2, -0.15) is 0 Å². The monoisotopic (exact) mass is 491 g/mol. The summed E-state index contributed by atoms with van der Waals surface area (Å²) in [5.74, 6) is -0.557. The quantitative estimate of drug-likeness (QED) is 0.379. The van der Waals surface area contributed by atoms with Gasteiger partial charge in [0.15, 0.2) is 6.10 Å². The molecule has 4 unspecified atom stereocenters. The maximum absolute atomic E-state index is 13.0. The third-order valence-electron chi connectivity index (χ3n) is 6.25. The van der Waals surface area contributed by atoms with Gasteiger partial charge in [-0.3, -0.25) is 4.79 Å². The molecule has 1 saturated heterocycles. The van der Waals surface area contributed by atoms with Crippen LogP contribution >= 0.6 is 0 Å². The highest BCUT2D eigenvalue weighted by Crippen LogP contribution is 2.25. The van der Waals surface area contributed by atoms with Crippen LogP contribution < -0.4 is 0 Å². The number of benzene rings is 3. The molecule has 4 atom stereocenters. The molecule has 0 aromatic heterocycles. The van der Waals surface area contributed by atoms with Gasteiger partial charge in [0, 0.05) is 6.54 Å². The maximum Gasteiger partial charge on any atom is 0.254 e. The molecule has 1 heterocycles. The van der Waals surface area contributed by atoms with E-state index in [-0.39, 0.29) is 26.4 Å². The van der Waals surface area contributed by atoms with E-state index in [1.54, 1.807) is 0 Å². The topological polar surface area (TPSA) is 88.5 Å². The van der Waals surface area contributed by atoms with E-state index in [1.165, 1.54) is 4.90 Å². The second-order valence-corrected chi connectivity index (χ2v) is 8.83. The molecule has 36 heavy (non-hydrogen) atoms. The van der Waals surface area contributed by atoms with Gasteiger partial charge in [0.1, 0.15) is 12.2 Å². The molecule has 4 rings (SSSR count). The minimum absolute atomic E-state index is 0.141. The minimum Gasteiger partial charge on any atom is -0.387 e. The first-order valence-electron chi connectivity index (χ1n) is 12.2. The molecule has 3 aromatic carbocycles. The second kappa shape index (κ2) is 13.3. The third kappa shape index (κ3) is 7.00. The molecule has 1 amide bonds. The largest absolute Gasteiger partial charge is 0.387 e. The number of carbonyl (C=O) groups is 1. The first kappa shape index (κ1) is 26.0. The smallest absolute Gasteiger partial charge is 0.254 e. The summed E-state index contributed by atoms with van der Waals surface area (Å²) in [4.78, 5) is 14.5. The van der Waals surface area contributed by atoms with Crippen LogP contribution in [0, 0.1) is 0 Å². The molecule has 3 aromatic rings. The lowest BCUT2D eigenvalue weighted by atomic mass is 9.93. The molecule has 190 valence electrons. The SMILES string of the molecule is O=C1C(O)C(O)C(OCc2ccccc2)C(COCc2ccccc2)N1CCOCc1ccccc1. The van der Waals surface area contributed by atoms with Crippen molar-refractivity contribution in [1.29, 1.82) is 0 Å². The van der Waals surface area contributed by atoms with Crippen molar-refractivity contribution < 1.29 is 29.2 Å². The van der Waals surface area contributed by atoms with E-state index in [0.29, 0.717) is 13.2 Å². The summed E-state index contributed by atoms with van der Waals surface area (Å²) >= 11 is 0. The van der Waals surface area contributed by atoms with Crippen LogP contribution in [0.1, 0.15) is 16.7 Å². The number of likely N-dealkylation sites (tertiary alicyclic amines) is 1. The number of hydrogen-bond donors (Lipinski definition) is 2. The summed E-state index contributed by atoms with van der Waals surface area (Å²) in [7, 11) is 0. The molecule has 7 heteroatoms. The Kier molecular flexibility index (Phi) is 9.61. The van der Waals surface area contributed by atoms with Crippen molar-refractivity contribution in [2.75, 3.05) is 19.8 Å². The fourth-order valence-electron chi connectivity index (χ4n) is 4.30. The number of rotatable bonds is 12. The zero-order valence-corrected chi connectivity index (χ0v) is 20.2. The number of piperidine rings is 1. The normalized spacial score (nSPS) is 22.1. The molecule has 0 radical (unpaired) electrons. The Bertz CT molecular complexity index is 1050. The highest BCUT2D eigenvalue weighted by molar-refractivity contribution is 5.83. The average molecular weight is 492 g/mol. The summed E-state index contributed by atoms with van der Waals surface area (Å²) in [5, 5.41) is 21.3. The van der Waals surface area contributed by atoms with Gasteiger partial charge in [-0.15, -0.1) is 0 Å². The van der Waals surface area contributed by atoms with Crippen LogP contribution in [0.4, 0.5) is 0 Å². The summed E-state index contributed by atoms with van der Waals surface area (Å²) < 4.78 is 17.9. The number of aliphatic hydroxyl groups is 2. The molecular formula is C29H33NO6. The molecule has 1 aliphatic heterocycles. The number of carbonyl (C=O) groups excluding carboxylic acids is 1. The van der Waals surface area contributed by atoms with E-state index >= 15 is 0 Å². The lowest BCUT2D eigenvalue weighted by Gasteiger charge is -2.45. The maximum atomic E-state index is 13.0. The number of nitrogens with zero attached hydrogens (tertiary/aromatic N) is 1. The van der Waals surface area contributed by atoms with E-state index in [0.717, 1.165) is 16.7 Å². The zero-order valence-electron chi connectivity index (χ0n) is 20.2. The second-order valence-electron chi connectivity index (χ2n) is 8.83. The summed E-state index contributed by atoms with van der Waals surface area (Å²) in [6, 6.07) is 28.5. The van der Waals surface area contributed by atoms with Gasteiger partial charge in [0.2, 0.25) is 0 Å².